The third kappa shape index (κ3) is 3.69. The number of fused-ring (bicyclic) bond motifs is 1. The van der Waals surface area contributed by atoms with Crippen LogP contribution in [0.3, 0.4) is 0 Å². The highest BCUT2D eigenvalue weighted by atomic mass is 16.5. The van der Waals surface area contributed by atoms with E-state index in [2.05, 4.69) is 23.8 Å². The Hall–Kier alpha value is -1.55. The topological polar surface area (TPSA) is 32.8 Å². The first kappa shape index (κ1) is 16.3. The number of amides is 1. The third-order valence-corrected chi connectivity index (χ3v) is 5.03. The van der Waals surface area contributed by atoms with Crippen molar-refractivity contribution in [2.24, 2.45) is 5.92 Å². The van der Waals surface area contributed by atoms with Crippen LogP contribution in [0.25, 0.3) is 0 Å². The first-order valence-corrected chi connectivity index (χ1v) is 8.88. The van der Waals surface area contributed by atoms with Gasteiger partial charge in [0.1, 0.15) is 5.75 Å². The molecular weight excluding hydrogens is 288 g/mol. The van der Waals surface area contributed by atoms with Gasteiger partial charge in [-0.1, -0.05) is 25.1 Å². The fraction of sp³-hybridized carbons (Fsp3) is 0.632. The Morgan fingerprint density at radius 3 is 3.00 bits per heavy atom. The van der Waals surface area contributed by atoms with Gasteiger partial charge in [0.2, 0.25) is 5.91 Å². The standard InChI is InChI=1S/C19H28N2O2/c1-3-10-20(2)13-15-8-11-21(14-15)19(22)17-9-12-23-18-7-5-4-6-16(17)18/h4-7,15,17H,3,8-14H2,1-2H3/t15-,17+/m1/s1. The molecule has 4 nitrogen and oxygen atoms in total. The molecule has 4 heteroatoms. The molecule has 0 radical (unpaired) electrons. The van der Waals surface area contributed by atoms with Gasteiger partial charge >= 0.3 is 0 Å². The summed E-state index contributed by atoms with van der Waals surface area (Å²) in [5, 5.41) is 0. The predicted molar refractivity (Wildman–Crippen MR) is 91.8 cm³/mol. The smallest absolute Gasteiger partial charge is 0.230 e. The Kier molecular flexibility index (Phi) is 5.21. The van der Waals surface area contributed by atoms with Crippen LogP contribution >= 0.6 is 0 Å². The molecule has 3 rings (SSSR count). The van der Waals surface area contributed by atoms with Gasteiger partial charge in [-0.3, -0.25) is 4.79 Å². The summed E-state index contributed by atoms with van der Waals surface area (Å²) >= 11 is 0. The van der Waals surface area contributed by atoms with Crippen LogP contribution in [-0.4, -0.2) is 55.5 Å². The van der Waals surface area contributed by atoms with Crippen molar-refractivity contribution < 1.29 is 9.53 Å². The lowest BCUT2D eigenvalue weighted by Gasteiger charge is -2.29. The average molecular weight is 316 g/mol. The number of nitrogens with zero attached hydrogens (tertiary/aromatic N) is 2. The van der Waals surface area contributed by atoms with E-state index in [1.54, 1.807) is 0 Å². The van der Waals surface area contributed by atoms with Gasteiger partial charge in [-0.15, -0.1) is 0 Å². The molecule has 0 aromatic heterocycles. The van der Waals surface area contributed by atoms with Crippen LogP contribution in [0, 0.1) is 5.92 Å². The molecule has 1 saturated heterocycles. The maximum Gasteiger partial charge on any atom is 0.230 e. The van der Waals surface area contributed by atoms with Crippen LogP contribution in [0.2, 0.25) is 0 Å². The number of para-hydroxylation sites is 1. The monoisotopic (exact) mass is 316 g/mol. The molecule has 0 spiro atoms. The summed E-state index contributed by atoms with van der Waals surface area (Å²) in [5.41, 5.74) is 1.07. The Morgan fingerprint density at radius 2 is 2.17 bits per heavy atom. The number of ether oxygens (including phenoxy) is 1. The second-order valence-corrected chi connectivity index (χ2v) is 6.93. The van der Waals surface area contributed by atoms with E-state index in [0.717, 1.165) is 50.3 Å². The van der Waals surface area contributed by atoms with E-state index in [1.165, 1.54) is 6.42 Å². The van der Waals surface area contributed by atoms with Crippen molar-refractivity contribution in [1.29, 1.82) is 0 Å². The maximum absolute atomic E-state index is 13.0. The molecule has 0 saturated carbocycles. The number of hydrogen-bond donors (Lipinski definition) is 0. The zero-order valence-corrected chi connectivity index (χ0v) is 14.3. The van der Waals surface area contributed by atoms with Gasteiger partial charge in [-0.05, 0) is 44.8 Å². The van der Waals surface area contributed by atoms with Crippen molar-refractivity contribution >= 4 is 5.91 Å². The van der Waals surface area contributed by atoms with Gasteiger partial charge < -0.3 is 14.5 Å². The average Bonchev–Trinajstić information content (AvgIpc) is 3.02. The summed E-state index contributed by atoms with van der Waals surface area (Å²) in [4.78, 5) is 17.4. The first-order valence-electron chi connectivity index (χ1n) is 8.88. The molecule has 0 unspecified atom stereocenters. The van der Waals surface area contributed by atoms with Crippen LogP contribution in [0.1, 0.15) is 37.7 Å². The minimum Gasteiger partial charge on any atom is -0.493 e. The van der Waals surface area contributed by atoms with Crippen LogP contribution < -0.4 is 4.74 Å². The van der Waals surface area contributed by atoms with Crippen molar-refractivity contribution in [2.45, 2.75) is 32.1 Å². The molecule has 1 aromatic rings. The summed E-state index contributed by atoms with van der Waals surface area (Å²) in [5.74, 6) is 1.77. The van der Waals surface area contributed by atoms with Crippen molar-refractivity contribution in [3.8, 4) is 5.75 Å². The molecule has 2 atom stereocenters. The molecule has 2 aliphatic heterocycles. The highest BCUT2D eigenvalue weighted by Crippen LogP contribution is 2.35. The minimum absolute atomic E-state index is 0.0212. The van der Waals surface area contributed by atoms with E-state index >= 15 is 0 Å². The number of carbonyl (C=O) groups excluding carboxylic acids is 1. The van der Waals surface area contributed by atoms with Gasteiger partial charge in [0.15, 0.2) is 0 Å². The second-order valence-electron chi connectivity index (χ2n) is 6.93. The number of likely N-dealkylation sites (tertiary alicyclic amines) is 1. The van der Waals surface area contributed by atoms with E-state index in [1.807, 2.05) is 24.3 Å². The SMILES string of the molecule is CCCN(C)C[C@H]1CCN(C(=O)[C@H]2CCOc3ccccc32)C1. The first-order chi connectivity index (χ1) is 11.2. The molecule has 23 heavy (non-hydrogen) atoms. The number of rotatable bonds is 5. The maximum atomic E-state index is 13.0. The number of carbonyl (C=O) groups is 1. The van der Waals surface area contributed by atoms with Crippen LogP contribution in [0.4, 0.5) is 0 Å². The Labute approximate surface area is 139 Å². The summed E-state index contributed by atoms with van der Waals surface area (Å²) in [6.45, 7) is 6.91. The zero-order valence-electron chi connectivity index (χ0n) is 14.3. The van der Waals surface area contributed by atoms with E-state index in [-0.39, 0.29) is 5.92 Å². The largest absolute Gasteiger partial charge is 0.493 e. The lowest BCUT2D eigenvalue weighted by Crippen LogP contribution is -2.36. The van der Waals surface area contributed by atoms with Gasteiger partial charge in [-0.2, -0.15) is 0 Å². The quantitative estimate of drug-likeness (QED) is 0.837. The molecule has 0 aliphatic carbocycles. The van der Waals surface area contributed by atoms with Gasteiger partial charge in [0.25, 0.3) is 0 Å². The molecule has 1 amide bonds. The van der Waals surface area contributed by atoms with Crippen molar-refractivity contribution in [2.75, 3.05) is 39.8 Å². The van der Waals surface area contributed by atoms with Crippen LogP contribution in [-0.2, 0) is 4.79 Å². The zero-order chi connectivity index (χ0) is 16.2. The van der Waals surface area contributed by atoms with E-state index in [4.69, 9.17) is 4.74 Å². The summed E-state index contributed by atoms with van der Waals surface area (Å²) in [6.07, 6.45) is 3.11. The molecular formula is C19H28N2O2. The van der Waals surface area contributed by atoms with Crippen LogP contribution in [0.15, 0.2) is 24.3 Å². The third-order valence-electron chi connectivity index (χ3n) is 5.03. The summed E-state index contributed by atoms with van der Waals surface area (Å²) in [7, 11) is 2.18. The number of hydrogen-bond acceptors (Lipinski definition) is 3. The molecule has 2 heterocycles. The Bertz CT molecular complexity index is 546. The molecule has 126 valence electrons. The highest BCUT2D eigenvalue weighted by Gasteiger charge is 2.34. The predicted octanol–water partition coefficient (Wildman–Crippen LogP) is 2.74. The van der Waals surface area contributed by atoms with Crippen molar-refractivity contribution in [3.05, 3.63) is 29.8 Å². The Balaban J connectivity index is 1.62. The lowest BCUT2D eigenvalue weighted by molar-refractivity contribution is -0.132. The van der Waals surface area contributed by atoms with E-state index < -0.39 is 0 Å². The molecule has 2 aliphatic rings. The second kappa shape index (κ2) is 7.35. The number of benzene rings is 1. The van der Waals surface area contributed by atoms with Crippen molar-refractivity contribution in [1.82, 2.24) is 9.80 Å². The molecule has 1 aromatic carbocycles. The summed E-state index contributed by atoms with van der Waals surface area (Å²) < 4.78 is 5.69. The lowest BCUT2D eigenvalue weighted by atomic mass is 9.92. The summed E-state index contributed by atoms with van der Waals surface area (Å²) in [6, 6.07) is 7.99. The minimum atomic E-state index is -0.0212. The van der Waals surface area contributed by atoms with Gasteiger partial charge in [-0.25, -0.2) is 0 Å². The van der Waals surface area contributed by atoms with Gasteiger partial charge in [0.05, 0.1) is 12.5 Å². The fourth-order valence-electron chi connectivity index (χ4n) is 3.91. The van der Waals surface area contributed by atoms with Gasteiger partial charge in [0, 0.05) is 25.2 Å². The van der Waals surface area contributed by atoms with Crippen LogP contribution in [0.5, 0.6) is 5.75 Å². The highest BCUT2D eigenvalue weighted by molar-refractivity contribution is 5.85. The van der Waals surface area contributed by atoms with E-state index in [9.17, 15) is 4.79 Å². The Morgan fingerprint density at radius 1 is 1.35 bits per heavy atom. The van der Waals surface area contributed by atoms with E-state index in [0.29, 0.717) is 18.4 Å². The molecule has 1 fully saturated rings. The van der Waals surface area contributed by atoms with Crippen molar-refractivity contribution in [3.63, 3.8) is 0 Å². The molecule has 0 N–H and O–H groups in total. The fourth-order valence-corrected chi connectivity index (χ4v) is 3.91. The molecule has 0 bridgehead atoms. The normalized spacial score (nSPS) is 23.7.